The lowest BCUT2D eigenvalue weighted by atomic mass is 10.1. The van der Waals surface area contributed by atoms with Gasteiger partial charge in [0.25, 0.3) is 5.91 Å². The molecule has 1 N–H and O–H groups in total. The molecule has 17 heavy (non-hydrogen) atoms. The molecule has 2 rings (SSSR count). The summed E-state index contributed by atoms with van der Waals surface area (Å²) in [5.74, 6) is -0.111. The fourth-order valence-corrected chi connectivity index (χ4v) is 2.03. The summed E-state index contributed by atoms with van der Waals surface area (Å²) in [6.07, 6.45) is -0.328. The van der Waals surface area contributed by atoms with E-state index in [9.17, 15) is 4.79 Å². The predicted molar refractivity (Wildman–Crippen MR) is 65.4 cm³/mol. The minimum atomic E-state index is -0.328. The van der Waals surface area contributed by atoms with Crippen LogP contribution < -0.4 is 4.90 Å². The molecular weight excluding hydrogens is 242 g/mol. The minimum Gasteiger partial charge on any atom is -0.394 e. The van der Waals surface area contributed by atoms with E-state index in [-0.39, 0.29) is 25.2 Å². The maximum absolute atomic E-state index is 11.8. The number of anilines is 1. The van der Waals surface area contributed by atoms with E-state index in [1.807, 2.05) is 13.0 Å². The number of morpholine rings is 1. The summed E-state index contributed by atoms with van der Waals surface area (Å²) >= 11 is 6.03. The summed E-state index contributed by atoms with van der Waals surface area (Å²) in [4.78, 5) is 13.4. The van der Waals surface area contributed by atoms with Gasteiger partial charge in [0.1, 0.15) is 6.61 Å². The first-order valence-corrected chi connectivity index (χ1v) is 5.79. The molecule has 0 radical (unpaired) electrons. The average Bonchev–Trinajstić information content (AvgIpc) is 2.34. The van der Waals surface area contributed by atoms with E-state index in [4.69, 9.17) is 21.4 Å². The van der Waals surface area contributed by atoms with Crippen LogP contribution in [0.4, 0.5) is 5.69 Å². The number of carbonyl (C=O) groups excluding carboxylic acids is 1. The molecule has 1 aromatic carbocycles. The number of rotatable bonds is 2. The molecule has 1 unspecified atom stereocenters. The maximum atomic E-state index is 11.8. The second-order valence-corrected chi connectivity index (χ2v) is 4.41. The van der Waals surface area contributed by atoms with Crippen molar-refractivity contribution in [3.8, 4) is 0 Å². The quantitative estimate of drug-likeness (QED) is 0.869. The standard InChI is InChI=1S/C12H14ClNO3/c1-8-10(13)3-2-4-11(8)14-5-9(6-15)17-7-12(14)16/h2-4,9,15H,5-7H2,1H3. The van der Waals surface area contributed by atoms with Gasteiger partial charge in [-0.15, -0.1) is 0 Å². The molecule has 0 saturated carbocycles. The molecule has 1 atom stereocenters. The molecule has 1 saturated heterocycles. The summed E-state index contributed by atoms with van der Waals surface area (Å²) < 4.78 is 5.19. The summed E-state index contributed by atoms with van der Waals surface area (Å²) in [5, 5.41) is 9.70. The van der Waals surface area contributed by atoms with E-state index in [2.05, 4.69) is 0 Å². The van der Waals surface area contributed by atoms with Crippen LogP contribution in [0, 0.1) is 6.92 Å². The summed E-state index contributed by atoms with van der Waals surface area (Å²) in [6.45, 7) is 2.13. The van der Waals surface area contributed by atoms with Crippen molar-refractivity contribution in [1.82, 2.24) is 0 Å². The number of hydrogen-bond donors (Lipinski definition) is 1. The molecule has 0 aromatic heterocycles. The highest BCUT2D eigenvalue weighted by molar-refractivity contribution is 6.31. The van der Waals surface area contributed by atoms with Crippen LogP contribution in [0.5, 0.6) is 0 Å². The van der Waals surface area contributed by atoms with Gasteiger partial charge < -0.3 is 14.7 Å². The number of carbonyl (C=O) groups is 1. The Hall–Kier alpha value is -1.10. The third-order valence-corrected chi connectivity index (χ3v) is 3.27. The number of halogens is 1. The number of ether oxygens (including phenoxy) is 1. The Kier molecular flexibility index (Phi) is 3.66. The number of amides is 1. The monoisotopic (exact) mass is 255 g/mol. The molecule has 4 nitrogen and oxygen atoms in total. The molecule has 1 heterocycles. The number of benzene rings is 1. The van der Waals surface area contributed by atoms with Gasteiger partial charge in [-0.2, -0.15) is 0 Å². The maximum Gasteiger partial charge on any atom is 0.253 e. The van der Waals surface area contributed by atoms with Gasteiger partial charge in [0.2, 0.25) is 0 Å². The van der Waals surface area contributed by atoms with E-state index >= 15 is 0 Å². The van der Waals surface area contributed by atoms with Gasteiger partial charge in [-0.3, -0.25) is 4.79 Å². The normalized spacial score (nSPS) is 20.8. The highest BCUT2D eigenvalue weighted by Crippen LogP contribution is 2.28. The third-order valence-electron chi connectivity index (χ3n) is 2.86. The van der Waals surface area contributed by atoms with Crippen LogP contribution in [0.15, 0.2) is 18.2 Å². The lowest BCUT2D eigenvalue weighted by Gasteiger charge is -2.32. The minimum absolute atomic E-state index is 0.00280. The topological polar surface area (TPSA) is 49.8 Å². The second kappa shape index (κ2) is 5.04. The molecule has 1 fully saturated rings. The number of aliphatic hydroxyl groups excluding tert-OH is 1. The molecule has 1 aliphatic heterocycles. The van der Waals surface area contributed by atoms with E-state index in [1.165, 1.54) is 0 Å². The van der Waals surface area contributed by atoms with E-state index in [0.29, 0.717) is 11.6 Å². The first kappa shape index (κ1) is 12.4. The summed E-state index contributed by atoms with van der Waals surface area (Å²) in [7, 11) is 0. The van der Waals surface area contributed by atoms with E-state index in [0.717, 1.165) is 11.3 Å². The number of hydrogen-bond acceptors (Lipinski definition) is 3. The van der Waals surface area contributed by atoms with E-state index in [1.54, 1.807) is 17.0 Å². The molecule has 1 aromatic rings. The highest BCUT2D eigenvalue weighted by Gasteiger charge is 2.28. The third kappa shape index (κ3) is 2.44. The van der Waals surface area contributed by atoms with Crippen molar-refractivity contribution in [2.24, 2.45) is 0 Å². The Bertz CT molecular complexity index is 436. The van der Waals surface area contributed by atoms with Crippen LogP contribution in [0.1, 0.15) is 5.56 Å². The largest absolute Gasteiger partial charge is 0.394 e. The van der Waals surface area contributed by atoms with Gasteiger partial charge >= 0.3 is 0 Å². The van der Waals surface area contributed by atoms with Crippen LogP contribution in [0.25, 0.3) is 0 Å². The Morgan fingerprint density at radius 2 is 2.35 bits per heavy atom. The van der Waals surface area contributed by atoms with Crippen molar-refractivity contribution in [3.05, 3.63) is 28.8 Å². The SMILES string of the molecule is Cc1c(Cl)cccc1N1CC(CO)OCC1=O. The van der Waals surface area contributed by atoms with Crippen LogP contribution in [-0.4, -0.2) is 36.9 Å². The van der Waals surface area contributed by atoms with Gasteiger partial charge in [-0.25, -0.2) is 0 Å². The molecule has 5 heteroatoms. The zero-order valence-corrected chi connectivity index (χ0v) is 10.3. The van der Waals surface area contributed by atoms with Crippen molar-refractivity contribution in [2.45, 2.75) is 13.0 Å². The predicted octanol–water partition coefficient (Wildman–Crippen LogP) is 1.37. The molecule has 0 bridgehead atoms. The molecule has 1 aliphatic rings. The number of nitrogens with zero attached hydrogens (tertiary/aromatic N) is 1. The Morgan fingerprint density at radius 1 is 1.59 bits per heavy atom. The second-order valence-electron chi connectivity index (χ2n) is 4.00. The molecule has 0 aliphatic carbocycles. The van der Waals surface area contributed by atoms with Crippen LogP contribution >= 0.6 is 11.6 Å². The Labute approximate surface area is 105 Å². The zero-order chi connectivity index (χ0) is 12.4. The molecular formula is C12H14ClNO3. The summed E-state index contributed by atoms with van der Waals surface area (Å²) in [6, 6.07) is 5.44. The van der Waals surface area contributed by atoms with Crippen LogP contribution in [-0.2, 0) is 9.53 Å². The van der Waals surface area contributed by atoms with Gasteiger partial charge in [0.15, 0.2) is 0 Å². The molecule has 0 spiro atoms. The first-order valence-electron chi connectivity index (χ1n) is 5.41. The fourth-order valence-electron chi connectivity index (χ4n) is 1.86. The zero-order valence-electron chi connectivity index (χ0n) is 9.52. The first-order chi connectivity index (χ1) is 8.13. The van der Waals surface area contributed by atoms with Crippen molar-refractivity contribution >= 4 is 23.2 Å². The van der Waals surface area contributed by atoms with Gasteiger partial charge in [-0.05, 0) is 24.6 Å². The molecule has 92 valence electrons. The Morgan fingerprint density at radius 3 is 3.06 bits per heavy atom. The van der Waals surface area contributed by atoms with Crippen molar-refractivity contribution < 1.29 is 14.6 Å². The van der Waals surface area contributed by atoms with Crippen LogP contribution in [0.3, 0.4) is 0 Å². The average molecular weight is 256 g/mol. The van der Waals surface area contributed by atoms with Gasteiger partial charge in [0, 0.05) is 10.7 Å². The summed E-state index contributed by atoms with van der Waals surface area (Å²) in [5.41, 5.74) is 1.64. The fraction of sp³-hybridized carbons (Fsp3) is 0.417. The molecule has 1 amide bonds. The smallest absolute Gasteiger partial charge is 0.253 e. The van der Waals surface area contributed by atoms with Crippen LogP contribution in [0.2, 0.25) is 5.02 Å². The Balaban J connectivity index is 2.31. The van der Waals surface area contributed by atoms with Crippen molar-refractivity contribution in [2.75, 3.05) is 24.7 Å². The lowest BCUT2D eigenvalue weighted by molar-refractivity contribution is -0.130. The van der Waals surface area contributed by atoms with Crippen molar-refractivity contribution in [3.63, 3.8) is 0 Å². The lowest BCUT2D eigenvalue weighted by Crippen LogP contribution is -2.48. The van der Waals surface area contributed by atoms with Crippen molar-refractivity contribution in [1.29, 1.82) is 0 Å². The van der Waals surface area contributed by atoms with Gasteiger partial charge in [0.05, 0.1) is 19.3 Å². The van der Waals surface area contributed by atoms with E-state index < -0.39 is 0 Å². The number of aliphatic hydroxyl groups is 1. The highest BCUT2D eigenvalue weighted by atomic mass is 35.5. The van der Waals surface area contributed by atoms with Gasteiger partial charge in [-0.1, -0.05) is 17.7 Å².